The van der Waals surface area contributed by atoms with Crippen molar-refractivity contribution in [2.24, 2.45) is 0 Å². The number of nitrogens with two attached hydrogens (primary N) is 2. The lowest BCUT2D eigenvalue weighted by Crippen LogP contribution is -2.05. The third-order valence-electron chi connectivity index (χ3n) is 2.44. The molecule has 0 bridgehead atoms. The van der Waals surface area contributed by atoms with Crippen molar-refractivity contribution >= 4 is 23.0 Å². The third-order valence-corrected chi connectivity index (χ3v) is 2.44. The highest BCUT2D eigenvalue weighted by atomic mass is 16.5. The van der Waals surface area contributed by atoms with E-state index in [4.69, 9.17) is 16.2 Å². The van der Waals surface area contributed by atoms with Crippen LogP contribution >= 0.6 is 0 Å². The zero-order chi connectivity index (χ0) is 13.8. The summed E-state index contributed by atoms with van der Waals surface area (Å²) in [7, 11) is 0. The van der Waals surface area contributed by atoms with E-state index >= 15 is 0 Å². The summed E-state index contributed by atoms with van der Waals surface area (Å²) < 4.78 is 5.63. The molecule has 0 radical (unpaired) electrons. The van der Waals surface area contributed by atoms with E-state index in [2.05, 4.69) is 5.32 Å². The van der Waals surface area contributed by atoms with E-state index in [1.165, 1.54) is 6.92 Å². The van der Waals surface area contributed by atoms with E-state index in [-0.39, 0.29) is 5.91 Å². The van der Waals surface area contributed by atoms with Gasteiger partial charge in [-0.25, -0.2) is 0 Å². The summed E-state index contributed by atoms with van der Waals surface area (Å²) >= 11 is 0. The van der Waals surface area contributed by atoms with E-state index in [1.54, 1.807) is 42.5 Å². The molecule has 0 saturated heterocycles. The van der Waals surface area contributed by atoms with Crippen LogP contribution in [0.2, 0.25) is 0 Å². The third kappa shape index (κ3) is 3.38. The number of anilines is 3. The average Bonchev–Trinajstić information content (AvgIpc) is 2.34. The van der Waals surface area contributed by atoms with Crippen LogP contribution < -0.4 is 21.5 Å². The minimum absolute atomic E-state index is 0.114. The maximum absolute atomic E-state index is 10.9. The number of nitrogens with one attached hydrogen (secondary N) is 1. The summed E-state index contributed by atoms with van der Waals surface area (Å²) in [6.45, 7) is 1.46. The first-order valence-corrected chi connectivity index (χ1v) is 5.75. The number of ether oxygens (including phenoxy) is 1. The SMILES string of the molecule is CC(=O)Nc1ccc(Oc2ccc(N)cc2N)cc1. The van der Waals surface area contributed by atoms with Gasteiger partial charge in [0.05, 0.1) is 5.69 Å². The minimum atomic E-state index is -0.114. The van der Waals surface area contributed by atoms with Gasteiger partial charge in [-0.3, -0.25) is 4.79 Å². The smallest absolute Gasteiger partial charge is 0.221 e. The molecule has 2 rings (SSSR count). The van der Waals surface area contributed by atoms with E-state index in [0.717, 1.165) is 0 Å². The molecular formula is C14H15N3O2. The minimum Gasteiger partial charge on any atom is -0.455 e. The largest absolute Gasteiger partial charge is 0.455 e. The van der Waals surface area contributed by atoms with Gasteiger partial charge in [-0.1, -0.05) is 0 Å². The van der Waals surface area contributed by atoms with Crippen LogP contribution in [0.4, 0.5) is 17.1 Å². The van der Waals surface area contributed by atoms with Crippen molar-refractivity contribution in [2.75, 3.05) is 16.8 Å². The van der Waals surface area contributed by atoms with Gasteiger partial charge < -0.3 is 21.5 Å². The molecule has 2 aromatic carbocycles. The summed E-state index contributed by atoms with van der Waals surface area (Å²) in [5.74, 6) is 1.06. The molecule has 5 nitrogen and oxygen atoms in total. The Labute approximate surface area is 111 Å². The summed E-state index contributed by atoms with van der Waals surface area (Å²) in [4.78, 5) is 10.9. The van der Waals surface area contributed by atoms with Crippen LogP contribution in [0.5, 0.6) is 11.5 Å². The summed E-state index contributed by atoms with van der Waals surface area (Å²) in [5.41, 5.74) is 13.2. The summed E-state index contributed by atoms with van der Waals surface area (Å²) in [6.07, 6.45) is 0. The maximum atomic E-state index is 10.9. The molecule has 0 fully saturated rings. The van der Waals surface area contributed by atoms with Crippen molar-refractivity contribution in [2.45, 2.75) is 6.92 Å². The van der Waals surface area contributed by atoms with Crippen LogP contribution in [-0.4, -0.2) is 5.91 Å². The van der Waals surface area contributed by atoms with Crippen LogP contribution in [0, 0.1) is 0 Å². The number of hydrogen-bond acceptors (Lipinski definition) is 4. The molecule has 5 heteroatoms. The fourth-order valence-electron chi connectivity index (χ4n) is 1.60. The monoisotopic (exact) mass is 257 g/mol. The normalized spacial score (nSPS) is 9.95. The van der Waals surface area contributed by atoms with Crippen LogP contribution in [-0.2, 0) is 4.79 Å². The molecular weight excluding hydrogens is 242 g/mol. The van der Waals surface area contributed by atoms with Crippen molar-refractivity contribution in [3.05, 3.63) is 42.5 Å². The predicted octanol–water partition coefficient (Wildman–Crippen LogP) is 2.60. The van der Waals surface area contributed by atoms with Gasteiger partial charge in [0.15, 0.2) is 0 Å². The van der Waals surface area contributed by atoms with E-state index in [9.17, 15) is 4.79 Å². The van der Waals surface area contributed by atoms with Crippen molar-refractivity contribution < 1.29 is 9.53 Å². The Morgan fingerprint density at radius 3 is 2.37 bits per heavy atom. The highest BCUT2D eigenvalue weighted by Gasteiger charge is 2.03. The fourth-order valence-corrected chi connectivity index (χ4v) is 1.60. The highest BCUT2D eigenvalue weighted by molar-refractivity contribution is 5.88. The van der Waals surface area contributed by atoms with Gasteiger partial charge in [-0.05, 0) is 42.5 Å². The van der Waals surface area contributed by atoms with Crippen molar-refractivity contribution in [1.82, 2.24) is 0 Å². The lowest BCUT2D eigenvalue weighted by Gasteiger charge is -2.09. The Balaban J connectivity index is 2.13. The Kier molecular flexibility index (Phi) is 3.56. The van der Waals surface area contributed by atoms with Gasteiger partial charge in [0.25, 0.3) is 0 Å². The Bertz CT molecular complexity index is 594. The molecule has 5 N–H and O–H groups in total. The molecule has 0 aliphatic heterocycles. The number of carbonyl (C=O) groups excluding carboxylic acids is 1. The Morgan fingerprint density at radius 1 is 1.11 bits per heavy atom. The first kappa shape index (κ1) is 12.8. The van der Waals surface area contributed by atoms with Crippen molar-refractivity contribution in [3.63, 3.8) is 0 Å². The van der Waals surface area contributed by atoms with Gasteiger partial charge in [-0.15, -0.1) is 0 Å². The lowest BCUT2D eigenvalue weighted by molar-refractivity contribution is -0.114. The molecule has 2 aromatic rings. The van der Waals surface area contributed by atoms with Crippen LogP contribution in [0.3, 0.4) is 0 Å². The maximum Gasteiger partial charge on any atom is 0.221 e. The molecule has 0 atom stereocenters. The molecule has 0 aliphatic rings. The summed E-state index contributed by atoms with van der Waals surface area (Å²) in [5, 5.41) is 2.68. The quantitative estimate of drug-likeness (QED) is 0.737. The first-order valence-electron chi connectivity index (χ1n) is 5.75. The molecule has 98 valence electrons. The van der Waals surface area contributed by atoms with Crippen molar-refractivity contribution in [1.29, 1.82) is 0 Å². The van der Waals surface area contributed by atoms with Crippen LogP contribution in [0.25, 0.3) is 0 Å². The Hall–Kier alpha value is -2.69. The summed E-state index contributed by atoms with van der Waals surface area (Å²) in [6, 6.07) is 12.1. The zero-order valence-electron chi connectivity index (χ0n) is 10.5. The molecule has 0 spiro atoms. The average molecular weight is 257 g/mol. The first-order chi connectivity index (χ1) is 9.04. The standard InChI is InChI=1S/C14H15N3O2/c1-9(18)17-11-3-5-12(6-4-11)19-14-7-2-10(15)8-13(14)16/h2-8H,15-16H2,1H3,(H,17,18). The van der Waals surface area contributed by atoms with Gasteiger partial charge in [0, 0.05) is 18.3 Å². The molecule has 0 saturated carbocycles. The molecule has 0 aliphatic carbocycles. The van der Waals surface area contributed by atoms with E-state index < -0.39 is 0 Å². The molecule has 1 amide bonds. The molecule has 19 heavy (non-hydrogen) atoms. The van der Waals surface area contributed by atoms with Gasteiger partial charge in [0.2, 0.25) is 5.91 Å². The second-order valence-corrected chi connectivity index (χ2v) is 4.10. The highest BCUT2D eigenvalue weighted by Crippen LogP contribution is 2.29. The molecule has 0 heterocycles. The predicted molar refractivity (Wildman–Crippen MR) is 76.1 cm³/mol. The number of hydrogen-bond donors (Lipinski definition) is 3. The molecule has 0 aromatic heterocycles. The van der Waals surface area contributed by atoms with Gasteiger partial charge in [-0.2, -0.15) is 0 Å². The fraction of sp³-hybridized carbons (Fsp3) is 0.0714. The number of carbonyl (C=O) groups is 1. The number of nitrogen functional groups attached to an aromatic ring is 2. The topological polar surface area (TPSA) is 90.4 Å². The second-order valence-electron chi connectivity index (χ2n) is 4.10. The van der Waals surface area contributed by atoms with Crippen LogP contribution in [0.15, 0.2) is 42.5 Å². The number of rotatable bonds is 3. The van der Waals surface area contributed by atoms with Gasteiger partial charge in [0.1, 0.15) is 11.5 Å². The van der Waals surface area contributed by atoms with Crippen LogP contribution in [0.1, 0.15) is 6.92 Å². The van der Waals surface area contributed by atoms with Gasteiger partial charge >= 0.3 is 0 Å². The van der Waals surface area contributed by atoms with Crippen molar-refractivity contribution in [3.8, 4) is 11.5 Å². The molecule has 0 unspecified atom stereocenters. The number of benzene rings is 2. The van der Waals surface area contributed by atoms with E-state index in [0.29, 0.717) is 28.6 Å². The Morgan fingerprint density at radius 2 is 1.79 bits per heavy atom. The second kappa shape index (κ2) is 5.30. The lowest BCUT2D eigenvalue weighted by atomic mass is 10.2. The zero-order valence-corrected chi connectivity index (χ0v) is 10.5. The number of amides is 1. The van der Waals surface area contributed by atoms with E-state index in [1.807, 2.05) is 0 Å².